The van der Waals surface area contributed by atoms with Crippen LogP contribution in [0.3, 0.4) is 0 Å². The van der Waals surface area contributed by atoms with E-state index in [1.54, 1.807) is 0 Å². The highest BCUT2D eigenvalue weighted by Gasteiger charge is 2.14. The molecule has 1 atom stereocenters. The molecule has 0 radical (unpaired) electrons. The summed E-state index contributed by atoms with van der Waals surface area (Å²) in [6.45, 7) is 5.16. The predicted molar refractivity (Wildman–Crippen MR) is 86.8 cm³/mol. The number of nitrogens with one attached hydrogen (secondary N) is 1. The van der Waals surface area contributed by atoms with Crippen LogP contribution in [0.1, 0.15) is 36.3 Å². The molecule has 0 spiro atoms. The molecular weight excluding hydrogens is 314 g/mol. The second-order valence-electron chi connectivity index (χ2n) is 5.03. The van der Waals surface area contributed by atoms with E-state index in [1.807, 2.05) is 18.7 Å². The Morgan fingerprint density at radius 1 is 1.30 bits per heavy atom. The van der Waals surface area contributed by atoms with Crippen molar-refractivity contribution in [2.75, 3.05) is 6.54 Å². The highest BCUT2D eigenvalue weighted by molar-refractivity contribution is 9.10. The van der Waals surface area contributed by atoms with Gasteiger partial charge in [0, 0.05) is 13.1 Å². The summed E-state index contributed by atoms with van der Waals surface area (Å²) in [6.07, 6.45) is 2.07. The van der Waals surface area contributed by atoms with Crippen molar-refractivity contribution in [2.24, 2.45) is 7.05 Å². The molecule has 1 heterocycles. The molecule has 20 heavy (non-hydrogen) atoms. The van der Waals surface area contributed by atoms with Gasteiger partial charge in [0.2, 0.25) is 0 Å². The lowest BCUT2D eigenvalue weighted by atomic mass is 10.0. The van der Waals surface area contributed by atoms with Gasteiger partial charge in [-0.2, -0.15) is 5.10 Å². The number of nitrogens with zero attached hydrogens (tertiary/aromatic N) is 2. The molecule has 0 fully saturated rings. The maximum absolute atomic E-state index is 4.46. The molecule has 1 N–H and O–H groups in total. The molecule has 1 aromatic carbocycles. The average molecular weight is 336 g/mol. The lowest BCUT2D eigenvalue weighted by Crippen LogP contribution is -2.21. The first kappa shape index (κ1) is 15.3. The molecule has 0 amide bonds. The number of benzene rings is 1. The van der Waals surface area contributed by atoms with E-state index in [1.165, 1.54) is 11.3 Å². The third-order valence-electron chi connectivity index (χ3n) is 3.58. The zero-order valence-electron chi connectivity index (χ0n) is 12.4. The Bertz CT molecular complexity index is 548. The first-order valence-corrected chi connectivity index (χ1v) is 7.89. The van der Waals surface area contributed by atoms with Crippen molar-refractivity contribution in [1.82, 2.24) is 15.1 Å². The Balaban J connectivity index is 2.10. The number of aromatic nitrogens is 2. The van der Waals surface area contributed by atoms with Crippen LogP contribution in [0, 0.1) is 6.92 Å². The summed E-state index contributed by atoms with van der Waals surface area (Å²) in [4.78, 5) is 0. The maximum Gasteiger partial charge on any atom is 0.0738 e. The summed E-state index contributed by atoms with van der Waals surface area (Å²) < 4.78 is 3.12. The van der Waals surface area contributed by atoms with Crippen LogP contribution >= 0.6 is 15.9 Å². The first-order valence-electron chi connectivity index (χ1n) is 7.09. The second kappa shape index (κ2) is 7.04. The maximum atomic E-state index is 4.46. The third kappa shape index (κ3) is 3.49. The molecule has 0 aliphatic heterocycles. The van der Waals surface area contributed by atoms with Crippen LogP contribution in [-0.2, 0) is 13.5 Å². The van der Waals surface area contributed by atoms with E-state index in [2.05, 4.69) is 63.6 Å². The molecule has 4 heteroatoms. The van der Waals surface area contributed by atoms with Crippen molar-refractivity contribution in [3.8, 4) is 0 Å². The summed E-state index contributed by atoms with van der Waals surface area (Å²) in [6, 6.07) is 11.0. The highest BCUT2D eigenvalue weighted by atomic mass is 79.9. The molecule has 0 saturated carbocycles. The van der Waals surface area contributed by atoms with E-state index >= 15 is 0 Å². The van der Waals surface area contributed by atoms with Crippen LogP contribution in [0.15, 0.2) is 34.8 Å². The van der Waals surface area contributed by atoms with Gasteiger partial charge in [-0.1, -0.05) is 37.3 Å². The van der Waals surface area contributed by atoms with Gasteiger partial charge in [-0.25, -0.2) is 0 Å². The van der Waals surface area contributed by atoms with Crippen molar-refractivity contribution >= 4 is 15.9 Å². The molecule has 0 bridgehead atoms. The minimum absolute atomic E-state index is 0.392. The van der Waals surface area contributed by atoms with Gasteiger partial charge in [0.15, 0.2) is 0 Å². The Labute approximate surface area is 129 Å². The molecule has 3 nitrogen and oxygen atoms in total. The van der Waals surface area contributed by atoms with Gasteiger partial charge in [0.1, 0.15) is 0 Å². The normalized spacial score (nSPS) is 12.6. The zero-order chi connectivity index (χ0) is 14.5. The fourth-order valence-electron chi connectivity index (χ4n) is 2.55. The smallest absolute Gasteiger partial charge is 0.0738 e. The quantitative estimate of drug-likeness (QED) is 0.870. The van der Waals surface area contributed by atoms with Crippen LogP contribution in [0.5, 0.6) is 0 Å². The molecule has 2 rings (SSSR count). The van der Waals surface area contributed by atoms with Crippen molar-refractivity contribution in [1.29, 1.82) is 0 Å². The Hall–Kier alpha value is -1.13. The lowest BCUT2D eigenvalue weighted by molar-refractivity contribution is 0.505. The monoisotopic (exact) mass is 335 g/mol. The number of halogens is 1. The minimum atomic E-state index is 0.392. The van der Waals surface area contributed by atoms with Crippen LogP contribution in [0.25, 0.3) is 0 Å². The summed E-state index contributed by atoms with van der Waals surface area (Å²) in [5.41, 5.74) is 3.67. The second-order valence-corrected chi connectivity index (χ2v) is 5.82. The van der Waals surface area contributed by atoms with E-state index in [-0.39, 0.29) is 0 Å². The van der Waals surface area contributed by atoms with Crippen LogP contribution in [-0.4, -0.2) is 16.3 Å². The summed E-state index contributed by atoms with van der Waals surface area (Å²) in [5.74, 6) is 0. The van der Waals surface area contributed by atoms with E-state index in [4.69, 9.17) is 0 Å². The first-order chi connectivity index (χ1) is 9.63. The average Bonchev–Trinajstić information content (AvgIpc) is 2.70. The Kier molecular flexibility index (Phi) is 5.38. The molecule has 1 unspecified atom stereocenters. The topological polar surface area (TPSA) is 29.9 Å². The lowest BCUT2D eigenvalue weighted by Gasteiger charge is -2.18. The van der Waals surface area contributed by atoms with Gasteiger partial charge in [-0.15, -0.1) is 0 Å². The molecule has 0 aliphatic rings. The van der Waals surface area contributed by atoms with Crippen LogP contribution in [0.2, 0.25) is 0 Å². The van der Waals surface area contributed by atoms with Crippen molar-refractivity contribution in [3.63, 3.8) is 0 Å². The number of hydrogen-bond acceptors (Lipinski definition) is 2. The van der Waals surface area contributed by atoms with Gasteiger partial charge in [-0.05, 0) is 47.8 Å². The zero-order valence-corrected chi connectivity index (χ0v) is 13.9. The predicted octanol–water partition coefficient (Wildman–Crippen LogP) is 3.77. The molecular formula is C16H22BrN3. The number of rotatable bonds is 6. The van der Waals surface area contributed by atoms with Gasteiger partial charge >= 0.3 is 0 Å². The SMILES string of the molecule is CCNC(CCc1c(Br)c(C)nn1C)c1ccccc1. The Morgan fingerprint density at radius 3 is 2.55 bits per heavy atom. The van der Waals surface area contributed by atoms with Crippen molar-refractivity contribution in [2.45, 2.75) is 32.7 Å². The number of hydrogen-bond donors (Lipinski definition) is 1. The standard InChI is InChI=1S/C16H22BrN3/c1-4-18-14(13-8-6-5-7-9-13)10-11-15-16(17)12(2)19-20(15)3/h5-9,14,18H,4,10-11H2,1-3H3. The fourth-order valence-corrected chi connectivity index (χ4v) is 3.09. The molecule has 108 valence electrons. The van der Waals surface area contributed by atoms with E-state index in [9.17, 15) is 0 Å². The van der Waals surface area contributed by atoms with Crippen molar-refractivity contribution in [3.05, 3.63) is 51.8 Å². The fraction of sp³-hybridized carbons (Fsp3) is 0.438. The molecule has 0 saturated heterocycles. The van der Waals surface area contributed by atoms with E-state index < -0.39 is 0 Å². The van der Waals surface area contributed by atoms with Gasteiger partial charge < -0.3 is 5.32 Å². The van der Waals surface area contributed by atoms with E-state index in [0.717, 1.165) is 29.6 Å². The molecule has 1 aromatic heterocycles. The molecule has 2 aromatic rings. The summed E-state index contributed by atoms with van der Waals surface area (Å²) >= 11 is 3.64. The van der Waals surface area contributed by atoms with Gasteiger partial charge in [0.25, 0.3) is 0 Å². The molecule has 0 aliphatic carbocycles. The minimum Gasteiger partial charge on any atom is -0.310 e. The largest absolute Gasteiger partial charge is 0.310 e. The van der Waals surface area contributed by atoms with Crippen LogP contribution < -0.4 is 5.32 Å². The third-order valence-corrected chi connectivity index (χ3v) is 4.62. The number of aryl methyl sites for hydroxylation is 2. The summed E-state index contributed by atoms with van der Waals surface area (Å²) in [5, 5.41) is 8.03. The van der Waals surface area contributed by atoms with E-state index in [0.29, 0.717) is 6.04 Å². The van der Waals surface area contributed by atoms with Gasteiger partial charge in [-0.3, -0.25) is 4.68 Å². The highest BCUT2D eigenvalue weighted by Crippen LogP contribution is 2.25. The van der Waals surface area contributed by atoms with Crippen molar-refractivity contribution < 1.29 is 0 Å². The summed E-state index contributed by atoms with van der Waals surface area (Å²) in [7, 11) is 2.01. The van der Waals surface area contributed by atoms with Gasteiger partial charge in [0.05, 0.1) is 15.9 Å². The van der Waals surface area contributed by atoms with Crippen LogP contribution in [0.4, 0.5) is 0 Å². The Morgan fingerprint density at radius 2 is 2.00 bits per heavy atom.